The van der Waals surface area contributed by atoms with Gasteiger partial charge in [-0.05, 0) is 49.8 Å². The van der Waals surface area contributed by atoms with E-state index in [0.29, 0.717) is 29.5 Å². The second-order valence-electron chi connectivity index (χ2n) is 7.06. The Labute approximate surface area is 162 Å². The van der Waals surface area contributed by atoms with E-state index >= 15 is 0 Å². The summed E-state index contributed by atoms with van der Waals surface area (Å²) in [5.41, 5.74) is 0.550. The summed E-state index contributed by atoms with van der Waals surface area (Å²) in [5, 5.41) is 3.01. The van der Waals surface area contributed by atoms with Gasteiger partial charge >= 0.3 is 0 Å². The lowest BCUT2D eigenvalue weighted by Crippen LogP contribution is -2.43. The number of nitrogens with zero attached hydrogens (tertiary/aromatic N) is 1. The standard InChI is InChI=1S/C21H32N2O4/c1-5-16(6-2)21(25)23-11-9-15(10-12-23)14-22-20(24)17-7-8-18(26-3)19(13-17)27-4/h7-8,13,15-16H,5-6,9-12,14H2,1-4H3,(H,22,24). The normalized spacial score (nSPS) is 14.9. The largest absolute Gasteiger partial charge is 0.493 e. The number of likely N-dealkylation sites (tertiary alicyclic amines) is 1. The smallest absolute Gasteiger partial charge is 0.251 e. The summed E-state index contributed by atoms with van der Waals surface area (Å²) in [6, 6.07) is 5.15. The third kappa shape index (κ3) is 5.37. The van der Waals surface area contributed by atoms with E-state index in [1.165, 1.54) is 0 Å². The van der Waals surface area contributed by atoms with Gasteiger partial charge in [-0.2, -0.15) is 0 Å². The number of carbonyl (C=O) groups is 2. The zero-order valence-electron chi connectivity index (χ0n) is 16.9. The molecule has 1 fully saturated rings. The van der Waals surface area contributed by atoms with Crippen LogP contribution in [0.1, 0.15) is 49.9 Å². The lowest BCUT2D eigenvalue weighted by molar-refractivity contribution is -0.137. The molecule has 27 heavy (non-hydrogen) atoms. The first-order valence-corrected chi connectivity index (χ1v) is 9.82. The highest BCUT2D eigenvalue weighted by atomic mass is 16.5. The van der Waals surface area contributed by atoms with Crippen molar-refractivity contribution in [2.45, 2.75) is 39.5 Å². The molecule has 0 saturated carbocycles. The Balaban J connectivity index is 1.83. The molecule has 1 aromatic rings. The number of benzene rings is 1. The lowest BCUT2D eigenvalue weighted by Gasteiger charge is -2.34. The van der Waals surface area contributed by atoms with Gasteiger partial charge in [0.05, 0.1) is 14.2 Å². The van der Waals surface area contributed by atoms with Crippen molar-refractivity contribution in [1.82, 2.24) is 10.2 Å². The van der Waals surface area contributed by atoms with Gasteiger partial charge < -0.3 is 19.7 Å². The summed E-state index contributed by atoms with van der Waals surface area (Å²) >= 11 is 0. The summed E-state index contributed by atoms with van der Waals surface area (Å²) in [6.07, 6.45) is 3.66. The van der Waals surface area contributed by atoms with Gasteiger partial charge in [-0.15, -0.1) is 0 Å². The molecule has 2 rings (SSSR count). The second kappa shape index (κ2) is 10.2. The van der Waals surface area contributed by atoms with Gasteiger partial charge in [0.25, 0.3) is 5.91 Å². The summed E-state index contributed by atoms with van der Waals surface area (Å²) < 4.78 is 10.5. The van der Waals surface area contributed by atoms with Gasteiger partial charge in [0, 0.05) is 31.1 Å². The van der Waals surface area contributed by atoms with E-state index in [1.54, 1.807) is 32.4 Å². The fraction of sp³-hybridized carbons (Fsp3) is 0.619. The summed E-state index contributed by atoms with van der Waals surface area (Å²) in [6.45, 7) is 6.34. The molecule has 1 aliphatic heterocycles. The SMILES string of the molecule is CCC(CC)C(=O)N1CCC(CNC(=O)c2ccc(OC)c(OC)c2)CC1. The number of hydrogen-bond acceptors (Lipinski definition) is 4. The Morgan fingerprint density at radius 3 is 2.30 bits per heavy atom. The van der Waals surface area contributed by atoms with E-state index in [4.69, 9.17) is 9.47 Å². The highest BCUT2D eigenvalue weighted by Gasteiger charge is 2.26. The van der Waals surface area contributed by atoms with Crippen molar-refractivity contribution in [3.05, 3.63) is 23.8 Å². The highest BCUT2D eigenvalue weighted by molar-refractivity contribution is 5.94. The molecule has 0 atom stereocenters. The number of piperidine rings is 1. The third-order valence-electron chi connectivity index (χ3n) is 5.46. The molecule has 6 heteroatoms. The minimum absolute atomic E-state index is 0.119. The van der Waals surface area contributed by atoms with Crippen LogP contribution in [0.4, 0.5) is 0 Å². The number of rotatable bonds is 8. The van der Waals surface area contributed by atoms with Crippen molar-refractivity contribution < 1.29 is 19.1 Å². The quantitative estimate of drug-likeness (QED) is 0.757. The maximum absolute atomic E-state index is 12.5. The Morgan fingerprint density at radius 2 is 1.74 bits per heavy atom. The van der Waals surface area contributed by atoms with Crippen LogP contribution >= 0.6 is 0 Å². The molecule has 0 spiro atoms. The summed E-state index contributed by atoms with van der Waals surface area (Å²) in [5.74, 6) is 1.85. The molecule has 1 N–H and O–H groups in total. The molecule has 150 valence electrons. The number of hydrogen-bond donors (Lipinski definition) is 1. The van der Waals surface area contributed by atoms with Crippen molar-refractivity contribution in [2.24, 2.45) is 11.8 Å². The molecule has 1 aromatic carbocycles. The van der Waals surface area contributed by atoms with Crippen molar-refractivity contribution in [2.75, 3.05) is 33.9 Å². The highest BCUT2D eigenvalue weighted by Crippen LogP contribution is 2.27. The van der Waals surface area contributed by atoms with Crippen LogP contribution in [0.2, 0.25) is 0 Å². The summed E-state index contributed by atoms with van der Waals surface area (Å²) in [4.78, 5) is 26.9. The molecular weight excluding hydrogens is 344 g/mol. The molecule has 0 aliphatic carbocycles. The zero-order chi connectivity index (χ0) is 19.8. The number of methoxy groups -OCH3 is 2. The van der Waals surface area contributed by atoms with Gasteiger partial charge in [0.1, 0.15) is 0 Å². The summed E-state index contributed by atoms with van der Waals surface area (Å²) in [7, 11) is 3.12. The van der Waals surface area contributed by atoms with Crippen molar-refractivity contribution in [3.63, 3.8) is 0 Å². The third-order valence-corrected chi connectivity index (χ3v) is 5.46. The van der Waals surface area contributed by atoms with E-state index in [1.807, 2.05) is 4.90 Å². The van der Waals surface area contributed by atoms with Crippen LogP contribution < -0.4 is 14.8 Å². The van der Waals surface area contributed by atoms with Crippen LogP contribution in [0, 0.1) is 11.8 Å². The van der Waals surface area contributed by atoms with Crippen LogP contribution in [0.5, 0.6) is 11.5 Å². The Hall–Kier alpha value is -2.24. The first kappa shape index (κ1) is 21.1. The van der Waals surface area contributed by atoms with Gasteiger partial charge in [0.15, 0.2) is 11.5 Å². The van der Waals surface area contributed by atoms with E-state index in [-0.39, 0.29) is 17.7 Å². The maximum atomic E-state index is 12.5. The van der Waals surface area contributed by atoms with Crippen LogP contribution in [0.25, 0.3) is 0 Å². The predicted molar refractivity (Wildman–Crippen MR) is 105 cm³/mol. The molecule has 6 nitrogen and oxygen atoms in total. The van der Waals surface area contributed by atoms with E-state index in [2.05, 4.69) is 19.2 Å². The molecule has 2 amide bonds. The molecule has 0 radical (unpaired) electrons. The van der Waals surface area contributed by atoms with E-state index < -0.39 is 0 Å². The van der Waals surface area contributed by atoms with Crippen LogP contribution in [0.3, 0.4) is 0 Å². The first-order valence-electron chi connectivity index (χ1n) is 9.82. The number of nitrogens with one attached hydrogen (secondary N) is 1. The number of amides is 2. The fourth-order valence-corrected chi connectivity index (χ4v) is 3.57. The molecule has 1 heterocycles. The Kier molecular flexibility index (Phi) is 7.95. The molecule has 0 aromatic heterocycles. The van der Waals surface area contributed by atoms with Crippen molar-refractivity contribution in [1.29, 1.82) is 0 Å². The second-order valence-corrected chi connectivity index (χ2v) is 7.06. The molecule has 1 saturated heterocycles. The minimum Gasteiger partial charge on any atom is -0.493 e. The topological polar surface area (TPSA) is 67.9 Å². The zero-order valence-corrected chi connectivity index (χ0v) is 16.9. The minimum atomic E-state index is -0.119. The van der Waals surface area contributed by atoms with Crippen molar-refractivity contribution in [3.8, 4) is 11.5 Å². The molecule has 0 unspecified atom stereocenters. The molecular formula is C21H32N2O4. The van der Waals surface area contributed by atoms with Gasteiger partial charge in [-0.1, -0.05) is 13.8 Å². The predicted octanol–water partition coefficient (Wildman–Crippen LogP) is 3.11. The monoisotopic (exact) mass is 376 g/mol. The van der Waals surface area contributed by atoms with Crippen LogP contribution in [0.15, 0.2) is 18.2 Å². The molecule has 1 aliphatic rings. The maximum Gasteiger partial charge on any atom is 0.251 e. The lowest BCUT2D eigenvalue weighted by atomic mass is 9.94. The van der Waals surface area contributed by atoms with Crippen molar-refractivity contribution >= 4 is 11.8 Å². The van der Waals surface area contributed by atoms with Gasteiger partial charge in [-0.3, -0.25) is 9.59 Å². The van der Waals surface area contributed by atoms with Gasteiger partial charge in [0.2, 0.25) is 5.91 Å². The average molecular weight is 376 g/mol. The average Bonchev–Trinajstić information content (AvgIpc) is 2.72. The Morgan fingerprint density at radius 1 is 1.11 bits per heavy atom. The first-order chi connectivity index (χ1) is 13.0. The van der Waals surface area contributed by atoms with E-state index in [9.17, 15) is 9.59 Å². The fourth-order valence-electron chi connectivity index (χ4n) is 3.57. The van der Waals surface area contributed by atoms with Crippen LogP contribution in [-0.4, -0.2) is 50.6 Å². The van der Waals surface area contributed by atoms with Gasteiger partial charge in [-0.25, -0.2) is 0 Å². The van der Waals surface area contributed by atoms with E-state index in [0.717, 1.165) is 38.8 Å². The Bertz CT molecular complexity index is 635. The van der Waals surface area contributed by atoms with Crippen LogP contribution in [-0.2, 0) is 4.79 Å². The number of carbonyl (C=O) groups excluding carboxylic acids is 2. The number of ether oxygens (including phenoxy) is 2. The molecule has 0 bridgehead atoms.